The van der Waals surface area contributed by atoms with Gasteiger partial charge in [-0.3, -0.25) is 0 Å². The Bertz CT molecular complexity index is 289. The minimum Gasteiger partial charge on any atom is -1.00 e. The van der Waals surface area contributed by atoms with Gasteiger partial charge in [0.05, 0.1) is 27.2 Å². The first-order valence-corrected chi connectivity index (χ1v) is 4.95. The maximum absolute atomic E-state index is 2.29. The van der Waals surface area contributed by atoms with Gasteiger partial charge in [0.15, 0.2) is 0 Å². The summed E-state index contributed by atoms with van der Waals surface area (Å²) in [5.41, 5.74) is 1.51. The third-order valence-electron chi connectivity index (χ3n) is 2.98. The van der Waals surface area contributed by atoms with E-state index in [2.05, 4.69) is 51.5 Å². The average molecular weight is 303 g/mol. The monoisotopic (exact) mass is 303 g/mol. The topological polar surface area (TPSA) is 0 Å². The van der Waals surface area contributed by atoms with E-state index in [9.17, 15) is 0 Å². The predicted molar refractivity (Wildman–Crippen MR) is 55.6 cm³/mol. The highest BCUT2D eigenvalue weighted by Crippen LogP contribution is 2.45. The van der Waals surface area contributed by atoms with Crippen molar-refractivity contribution < 1.29 is 28.5 Å². The summed E-state index contributed by atoms with van der Waals surface area (Å²) < 4.78 is 1.10. The fourth-order valence-corrected chi connectivity index (χ4v) is 2.10. The Morgan fingerprint density at radius 2 is 1.64 bits per heavy atom. The Kier molecular flexibility index (Phi) is 3.58. The lowest BCUT2D eigenvalue weighted by Gasteiger charge is -2.24. The Morgan fingerprint density at radius 1 is 1.07 bits per heavy atom. The molecule has 0 spiro atoms. The zero-order chi connectivity index (χ0) is 9.47. The van der Waals surface area contributed by atoms with Gasteiger partial charge in [-0.05, 0) is 5.56 Å². The van der Waals surface area contributed by atoms with Crippen LogP contribution < -0.4 is 24.0 Å². The lowest BCUT2D eigenvalue weighted by Crippen LogP contribution is -3.00. The first-order valence-electron chi connectivity index (χ1n) is 4.95. The van der Waals surface area contributed by atoms with Crippen LogP contribution in [0.25, 0.3) is 0 Å². The van der Waals surface area contributed by atoms with Crippen LogP contribution in [0.4, 0.5) is 0 Å². The molecule has 0 saturated heterocycles. The van der Waals surface area contributed by atoms with Gasteiger partial charge in [0.2, 0.25) is 0 Å². The smallest absolute Gasteiger partial charge is 0.0964 e. The van der Waals surface area contributed by atoms with Crippen molar-refractivity contribution in [3.63, 3.8) is 0 Å². The number of likely N-dealkylation sites (N-methyl/N-ethyl adjacent to an activating group) is 1. The van der Waals surface area contributed by atoms with Gasteiger partial charge in [0, 0.05) is 12.3 Å². The highest BCUT2D eigenvalue weighted by molar-refractivity contribution is 5.26. The molecule has 0 aliphatic heterocycles. The Labute approximate surface area is 104 Å². The molecule has 0 amide bonds. The number of benzene rings is 1. The summed E-state index contributed by atoms with van der Waals surface area (Å²) in [6.07, 6.45) is 1.35. The van der Waals surface area contributed by atoms with Crippen LogP contribution in [0.2, 0.25) is 0 Å². The molecule has 0 aromatic heterocycles. The van der Waals surface area contributed by atoms with Crippen molar-refractivity contribution in [2.75, 3.05) is 21.1 Å². The summed E-state index contributed by atoms with van der Waals surface area (Å²) in [6.45, 7) is 0. The highest BCUT2D eigenvalue weighted by atomic mass is 127. The molecule has 78 valence electrons. The fourth-order valence-electron chi connectivity index (χ4n) is 2.10. The second-order valence-electron chi connectivity index (χ2n) is 4.94. The molecule has 1 aliphatic carbocycles. The predicted octanol–water partition coefficient (Wildman–Crippen LogP) is -0.747. The van der Waals surface area contributed by atoms with Crippen LogP contribution in [0.1, 0.15) is 17.9 Å². The van der Waals surface area contributed by atoms with Gasteiger partial charge in [-0.25, -0.2) is 0 Å². The maximum atomic E-state index is 2.29. The summed E-state index contributed by atoms with van der Waals surface area (Å²) in [4.78, 5) is 0. The van der Waals surface area contributed by atoms with Gasteiger partial charge < -0.3 is 28.5 Å². The van der Waals surface area contributed by atoms with E-state index in [1.54, 1.807) is 0 Å². The second kappa shape index (κ2) is 4.19. The molecule has 1 nitrogen and oxygen atoms in total. The molecule has 1 fully saturated rings. The quantitative estimate of drug-likeness (QED) is 0.498. The van der Waals surface area contributed by atoms with E-state index in [0.717, 1.165) is 16.4 Å². The molecule has 1 saturated carbocycles. The average Bonchev–Trinajstić information content (AvgIpc) is 2.83. The molecule has 2 atom stereocenters. The van der Waals surface area contributed by atoms with E-state index in [-0.39, 0.29) is 24.0 Å². The zero-order valence-electron chi connectivity index (χ0n) is 9.07. The third kappa shape index (κ3) is 2.48. The third-order valence-corrected chi connectivity index (χ3v) is 2.98. The molecule has 0 heterocycles. The summed E-state index contributed by atoms with van der Waals surface area (Å²) in [7, 11) is 6.86. The van der Waals surface area contributed by atoms with Crippen LogP contribution in [0, 0.1) is 0 Å². The van der Waals surface area contributed by atoms with Crippen molar-refractivity contribution in [1.82, 2.24) is 0 Å². The number of hydrogen-bond donors (Lipinski definition) is 0. The van der Waals surface area contributed by atoms with Crippen LogP contribution in [-0.4, -0.2) is 31.7 Å². The first kappa shape index (κ1) is 12.0. The molecule has 1 aliphatic rings. The molecule has 2 unspecified atom stereocenters. The van der Waals surface area contributed by atoms with Crippen LogP contribution >= 0.6 is 0 Å². The molecule has 0 radical (unpaired) electrons. The first-order chi connectivity index (χ1) is 6.09. The summed E-state index contributed by atoms with van der Waals surface area (Å²) in [5, 5.41) is 0. The van der Waals surface area contributed by atoms with Crippen LogP contribution in [-0.2, 0) is 0 Å². The van der Waals surface area contributed by atoms with Gasteiger partial charge >= 0.3 is 0 Å². The van der Waals surface area contributed by atoms with Gasteiger partial charge in [-0.15, -0.1) is 0 Å². The van der Waals surface area contributed by atoms with Crippen molar-refractivity contribution in [3.8, 4) is 0 Å². The number of halogens is 1. The number of nitrogens with zero attached hydrogens (tertiary/aromatic N) is 1. The molecule has 0 bridgehead atoms. The minimum atomic E-state index is 0. The Balaban J connectivity index is 0.000000980. The van der Waals surface area contributed by atoms with Gasteiger partial charge in [-0.2, -0.15) is 0 Å². The van der Waals surface area contributed by atoms with Crippen molar-refractivity contribution >= 4 is 0 Å². The van der Waals surface area contributed by atoms with Gasteiger partial charge in [0.1, 0.15) is 0 Å². The van der Waals surface area contributed by atoms with E-state index >= 15 is 0 Å². The normalized spacial score (nSPS) is 25.4. The number of rotatable bonds is 2. The Morgan fingerprint density at radius 3 is 2.07 bits per heavy atom. The van der Waals surface area contributed by atoms with E-state index in [0.29, 0.717) is 0 Å². The lowest BCUT2D eigenvalue weighted by molar-refractivity contribution is -0.882. The highest BCUT2D eigenvalue weighted by Gasteiger charge is 2.48. The minimum absolute atomic E-state index is 0. The van der Waals surface area contributed by atoms with Crippen molar-refractivity contribution in [1.29, 1.82) is 0 Å². The molecule has 2 rings (SSSR count). The fraction of sp³-hybridized carbons (Fsp3) is 0.500. The molecule has 14 heavy (non-hydrogen) atoms. The van der Waals surface area contributed by atoms with Crippen LogP contribution in [0.15, 0.2) is 30.3 Å². The molecule has 1 aromatic carbocycles. The van der Waals surface area contributed by atoms with Crippen LogP contribution in [0.3, 0.4) is 0 Å². The summed E-state index contributed by atoms with van der Waals surface area (Å²) in [6, 6.07) is 11.7. The summed E-state index contributed by atoms with van der Waals surface area (Å²) >= 11 is 0. The van der Waals surface area contributed by atoms with Crippen LogP contribution in [0.5, 0.6) is 0 Å². The van der Waals surface area contributed by atoms with Crippen molar-refractivity contribution in [2.45, 2.75) is 18.4 Å². The van der Waals surface area contributed by atoms with Crippen molar-refractivity contribution in [3.05, 3.63) is 35.9 Å². The molecular weight excluding hydrogens is 285 g/mol. The van der Waals surface area contributed by atoms with Gasteiger partial charge in [0.25, 0.3) is 0 Å². The van der Waals surface area contributed by atoms with Crippen molar-refractivity contribution in [2.24, 2.45) is 0 Å². The lowest BCUT2D eigenvalue weighted by atomic mass is 10.1. The SMILES string of the molecule is C[N+](C)(C)C1CC1c1ccccc1.[I-]. The zero-order valence-corrected chi connectivity index (χ0v) is 11.2. The maximum Gasteiger partial charge on any atom is 0.0964 e. The summed E-state index contributed by atoms with van der Waals surface area (Å²) in [5.74, 6) is 0.807. The largest absolute Gasteiger partial charge is 1.00 e. The van der Waals surface area contributed by atoms with E-state index in [1.165, 1.54) is 12.0 Å². The molecule has 0 N–H and O–H groups in total. The molecule has 1 aromatic rings. The standard InChI is InChI=1S/C12H18N.HI/c1-13(2,3)12-9-11(12)10-7-5-4-6-8-10;/h4-8,11-12H,9H2,1-3H3;1H/q+1;/p-1. The molecular formula is C12H18IN. The van der Waals surface area contributed by atoms with E-state index < -0.39 is 0 Å². The van der Waals surface area contributed by atoms with E-state index in [4.69, 9.17) is 0 Å². The Hall–Kier alpha value is -0.0900. The van der Waals surface area contributed by atoms with Gasteiger partial charge in [-0.1, -0.05) is 30.3 Å². The molecule has 2 heteroatoms. The number of quaternary nitrogens is 1. The second-order valence-corrected chi connectivity index (χ2v) is 4.94. The van der Waals surface area contributed by atoms with E-state index in [1.807, 2.05) is 0 Å². The number of hydrogen-bond acceptors (Lipinski definition) is 0.